The highest BCUT2D eigenvalue weighted by Crippen LogP contribution is 2.34. The summed E-state index contributed by atoms with van der Waals surface area (Å²) >= 11 is 0. The fourth-order valence-electron chi connectivity index (χ4n) is 2.46. The number of benzene rings is 1. The minimum absolute atomic E-state index is 0.106. The van der Waals surface area contributed by atoms with Crippen LogP contribution in [0.5, 0.6) is 5.75 Å². The Morgan fingerprint density at radius 2 is 2.08 bits per heavy atom. The fourth-order valence-corrected chi connectivity index (χ4v) is 2.46. The molecule has 0 fully saturated rings. The monoisotopic (exact) mass is 335 g/mol. The minimum Gasteiger partial charge on any atom is -0.489 e. The number of hydrogen-bond acceptors (Lipinski definition) is 5. The smallest absolute Gasteiger partial charge is 0.322 e. The summed E-state index contributed by atoms with van der Waals surface area (Å²) in [6.07, 6.45) is 0.106. The number of likely N-dealkylation sites (N-methyl/N-ethyl adjacent to an activating group) is 1. The number of nitrogens with one attached hydrogen (secondary N) is 1. The van der Waals surface area contributed by atoms with Crippen LogP contribution < -0.4 is 15.0 Å². The van der Waals surface area contributed by atoms with Crippen molar-refractivity contribution in [2.24, 2.45) is 0 Å². The molecule has 1 atom stereocenters. The SMILES string of the molecule is CN(C)C(=O)c1ccc2c(c1)N(C)C(CC(=O)NCC(=O)O)CO2. The van der Waals surface area contributed by atoms with Gasteiger partial charge in [0.05, 0.1) is 18.2 Å². The molecule has 1 aromatic rings. The molecule has 2 rings (SSSR count). The Balaban J connectivity index is 2.12. The van der Waals surface area contributed by atoms with E-state index in [9.17, 15) is 14.4 Å². The maximum Gasteiger partial charge on any atom is 0.322 e. The van der Waals surface area contributed by atoms with Crippen LogP contribution in [0.25, 0.3) is 0 Å². The van der Waals surface area contributed by atoms with E-state index in [0.29, 0.717) is 17.9 Å². The molecule has 0 radical (unpaired) electrons. The highest BCUT2D eigenvalue weighted by Gasteiger charge is 2.27. The van der Waals surface area contributed by atoms with Crippen molar-refractivity contribution in [3.63, 3.8) is 0 Å². The molecule has 1 unspecified atom stereocenters. The lowest BCUT2D eigenvalue weighted by Crippen LogP contribution is -2.44. The van der Waals surface area contributed by atoms with Crippen LogP contribution in [0.2, 0.25) is 0 Å². The summed E-state index contributed by atoms with van der Waals surface area (Å²) in [4.78, 5) is 37.8. The Labute approximate surface area is 140 Å². The quantitative estimate of drug-likeness (QED) is 0.796. The molecule has 1 aliphatic heterocycles. The van der Waals surface area contributed by atoms with Crippen LogP contribution in [-0.2, 0) is 9.59 Å². The molecule has 0 saturated heterocycles. The van der Waals surface area contributed by atoms with Crippen LogP contribution in [0.4, 0.5) is 5.69 Å². The van der Waals surface area contributed by atoms with E-state index in [1.165, 1.54) is 4.90 Å². The number of nitrogens with zero attached hydrogens (tertiary/aromatic N) is 2. The average Bonchev–Trinajstić information content (AvgIpc) is 2.54. The van der Waals surface area contributed by atoms with E-state index >= 15 is 0 Å². The minimum atomic E-state index is -1.09. The number of carboxylic acid groups (broad SMARTS) is 1. The van der Waals surface area contributed by atoms with Crippen molar-refractivity contribution in [3.8, 4) is 5.75 Å². The molecule has 130 valence electrons. The van der Waals surface area contributed by atoms with Gasteiger partial charge in [-0.1, -0.05) is 0 Å². The zero-order valence-corrected chi connectivity index (χ0v) is 13.9. The standard InChI is InChI=1S/C16H21N3O5/c1-18(2)16(23)10-4-5-13-12(6-10)19(3)11(9-24-13)7-14(20)17-8-15(21)22/h4-6,11H,7-9H2,1-3H3,(H,17,20)(H,21,22). The molecule has 24 heavy (non-hydrogen) atoms. The predicted molar refractivity (Wildman–Crippen MR) is 87.4 cm³/mol. The summed E-state index contributed by atoms with van der Waals surface area (Å²) < 4.78 is 5.67. The van der Waals surface area contributed by atoms with Gasteiger partial charge in [0.2, 0.25) is 5.91 Å². The molecular weight excluding hydrogens is 314 g/mol. The lowest BCUT2D eigenvalue weighted by atomic mass is 10.1. The highest BCUT2D eigenvalue weighted by atomic mass is 16.5. The molecule has 1 aromatic carbocycles. The van der Waals surface area contributed by atoms with Crippen molar-refractivity contribution in [1.29, 1.82) is 0 Å². The number of aliphatic carboxylic acids is 1. The lowest BCUT2D eigenvalue weighted by molar-refractivity contribution is -0.138. The maximum absolute atomic E-state index is 12.1. The van der Waals surface area contributed by atoms with E-state index < -0.39 is 12.5 Å². The van der Waals surface area contributed by atoms with Crippen LogP contribution >= 0.6 is 0 Å². The van der Waals surface area contributed by atoms with Gasteiger partial charge in [-0.3, -0.25) is 14.4 Å². The Morgan fingerprint density at radius 3 is 2.71 bits per heavy atom. The molecule has 2 N–H and O–H groups in total. The summed E-state index contributed by atoms with van der Waals surface area (Å²) in [5.41, 5.74) is 1.26. The number of carbonyl (C=O) groups excluding carboxylic acids is 2. The van der Waals surface area contributed by atoms with Gasteiger partial charge >= 0.3 is 5.97 Å². The maximum atomic E-state index is 12.1. The van der Waals surface area contributed by atoms with Gasteiger partial charge in [0.1, 0.15) is 18.9 Å². The molecule has 0 saturated carbocycles. The molecule has 0 aromatic heterocycles. The Bertz CT molecular complexity index is 659. The number of carboxylic acids is 1. The number of ether oxygens (including phenoxy) is 1. The van der Waals surface area contributed by atoms with Crippen molar-refractivity contribution >= 4 is 23.5 Å². The second-order valence-electron chi connectivity index (χ2n) is 5.83. The number of amides is 2. The Kier molecular flexibility index (Phi) is 5.28. The van der Waals surface area contributed by atoms with Crippen molar-refractivity contribution < 1.29 is 24.2 Å². The summed E-state index contributed by atoms with van der Waals surface area (Å²) in [5, 5.41) is 10.9. The molecule has 0 aliphatic carbocycles. The molecule has 8 nitrogen and oxygen atoms in total. The topological polar surface area (TPSA) is 99.2 Å². The summed E-state index contributed by atoms with van der Waals surface area (Å²) in [6.45, 7) is -0.0981. The van der Waals surface area contributed by atoms with Crippen LogP contribution in [0.15, 0.2) is 18.2 Å². The largest absolute Gasteiger partial charge is 0.489 e. The van der Waals surface area contributed by atoms with E-state index in [4.69, 9.17) is 9.84 Å². The van der Waals surface area contributed by atoms with Gasteiger partial charge in [-0.15, -0.1) is 0 Å². The highest BCUT2D eigenvalue weighted by molar-refractivity contribution is 5.95. The number of carbonyl (C=O) groups is 3. The van der Waals surface area contributed by atoms with Gasteiger partial charge in [-0.2, -0.15) is 0 Å². The zero-order valence-electron chi connectivity index (χ0n) is 13.9. The van der Waals surface area contributed by atoms with Gasteiger partial charge < -0.3 is 25.0 Å². The number of hydrogen-bond donors (Lipinski definition) is 2. The molecular formula is C16H21N3O5. The molecule has 2 amide bonds. The van der Waals surface area contributed by atoms with Crippen LogP contribution in [0, 0.1) is 0 Å². The van der Waals surface area contributed by atoms with Gasteiger partial charge in [0.15, 0.2) is 0 Å². The van der Waals surface area contributed by atoms with Crippen LogP contribution in [-0.4, -0.2) is 68.1 Å². The Hall–Kier alpha value is -2.77. The number of rotatable bonds is 5. The number of anilines is 1. The van der Waals surface area contributed by atoms with Crippen molar-refractivity contribution in [2.45, 2.75) is 12.5 Å². The first-order chi connectivity index (χ1) is 11.3. The molecule has 0 bridgehead atoms. The first-order valence-corrected chi connectivity index (χ1v) is 7.49. The van der Waals surface area contributed by atoms with Crippen LogP contribution in [0.3, 0.4) is 0 Å². The third kappa shape index (κ3) is 3.95. The fraction of sp³-hybridized carbons (Fsp3) is 0.438. The third-order valence-electron chi connectivity index (χ3n) is 3.83. The summed E-state index contributed by atoms with van der Waals surface area (Å²) in [7, 11) is 5.18. The van der Waals surface area contributed by atoms with Crippen LogP contribution in [0.1, 0.15) is 16.8 Å². The third-order valence-corrected chi connectivity index (χ3v) is 3.83. The second-order valence-corrected chi connectivity index (χ2v) is 5.83. The van der Waals surface area contributed by atoms with E-state index in [-0.39, 0.29) is 24.3 Å². The van der Waals surface area contributed by atoms with Gasteiger partial charge in [-0.25, -0.2) is 0 Å². The lowest BCUT2D eigenvalue weighted by Gasteiger charge is -2.35. The normalized spacial score (nSPS) is 16.0. The first-order valence-electron chi connectivity index (χ1n) is 7.49. The second kappa shape index (κ2) is 7.20. The molecule has 8 heteroatoms. The first kappa shape index (κ1) is 17.6. The van der Waals surface area contributed by atoms with E-state index in [2.05, 4.69) is 5.32 Å². The zero-order chi connectivity index (χ0) is 17.9. The predicted octanol–water partition coefficient (Wildman–Crippen LogP) is 0.177. The Morgan fingerprint density at radius 1 is 1.38 bits per heavy atom. The summed E-state index contributed by atoms with van der Waals surface area (Å²) in [6, 6.07) is 4.94. The molecule has 1 heterocycles. The van der Waals surface area contributed by atoms with E-state index in [0.717, 1.165) is 5.69 Å². The van der Waals surface area contributed by atoms with Crippen molar-refractivity contribution in [1.82, 2.24) is 10.2 Å². The molecule has 0 spiro atoms. The molecule has 1 aliphatic rings. The summed E-state index contributed by atoms with van der Waals surface area (Å²) in [5.74, 6) is -0.918. The van der Waals surface area contributed by atoms with Crippen molar-refractivity contribution in [3.05, 3.63) is 23.8 Å². The average molecular weight is 335 g/mol. The van der Waals surface area contributed by atoms with Gasteiger partial charge in [0, 0.05) is 26.7 Å². The number of fused-ring (bicyclic) bond motifs is 1. The van der Waals surface area contributed by atoms with Crippen molar-refractivity contribution in [2.75, 3.05) is 39.2 Å². The van der Waals surface area contributed by atoms with E-state index in [1.54, 1.807) is 32.3 Å². The van der Waals surface area contributed by atoms with E-state index in [1.807, 2.05) is 11.9 Å². The van der Waals surface area contributed by atoms with Gasteiger partial charge in [0.25, 0.3) is 5.91 Å². The van der Waals surface area contributed by atoms with Gasteiger partial charge in [-0.05, 0) is 18.2 Å².